The number of hydrogen-bond donors (Lipinski definition) is 0. The van der Waals surface area contributed by atoms with Crippen molar-refractivity contribution in [2.24, 2.45) is 11.8 Å². The predicted octanol–water partition coefficient (Wildman–Crippen LogP) is 6.81. The Morgan fingerprint density at radius 3 is 1.42 bits per heavy atom. The summed E-state index contributed by atoms with van der Waals surface area (Å²) in [5, 5.41) is 12.0. The Labute approximate surface area is 299 Å². The van der Waals surface area contributed by atoms with Gasteiger partial charge in [-0.3, -0.25) is 24.5 Å². The van der Waals surface area contributed by atoms with Crippen molar-refractivity contribution in [1.82, 2.24) is 0 Å². The monoisotopic (exact) mass is 692 g/mol. The molecule has 2 aliphatic carbocycles. The van der Waals surface area contributed by atoms with Gasteiger partial charge in [-0.25, -0.2) is 4.90 Å². The van der Waals surface area contributed by atoms with Gasteiger partial charge in [0.1, 0.15) is 22.9 Å². The molecule has 8 rings (SSSR count). The summed E-state index contributed by atoms with van der Waals surface area (Å²) in [6.45, 7) is 0. The molecule has 0 aromatic heterocycles. The van der Waals surface area contributed by atoms with Crippen molar-refractivity contribution in [1.29, 1.82) is 0 Å². The van der Waals surface area contributed by atoms with Crippen LogP contribution in [0.15, 0.2) is 127 Å². The van der Waals surface area contributed by atoms with Crippen molar-refractivity contribution in [2.75, 3.05) is 26.2 Å². The first-order valence-corrected chi connectivity index (χ1v) is 16.6. The van der Waals surface area contributed by atoms with Crippen molar-refractivity contribution in [2.45, 2.75) is 10.8 Å². The molecule has 0 unspecified atom stereocenters. The van der Waals surface area contributed by atoms with Gasteiger partial charge < -0.3 is 14.2 Å². The van der Waals surface area contributed by atoms with Crippen LogP contribution in [0.3, 0.4) is 0 Å². The van der Waals surface area contributed by atoms with Gasteiger partial charge in [-0.1, -0.05) is 84.9 Å². The molecule has 5 aromatic rings. The fourth-order valence-electron chi connectivity index (χ4n) is 8.84. The van der Waals surface area contributed by atoms with E-state index in [1.54, 1.807) is 38.5 Å². The molecule has 5 aromatic carbocycles. The number of fused-ring (bicyclic) bond motifs is 5. The number of amides is 2. The molecule has 0 N–H and O–H groups in total. The Balaban J connectivity index is 1.53. The van der Waals surface area contributed by atoms with Crippen LogP contribution in [0.25, 0.3) is 11.1 Å². The number of non-ortho nitro benzene ring substituents is 1. The lowest BCUT2D eigenvalue weighted by Crippen LogP contribution is -2.45. The maximum absolute atomic E-state index is 16.1. The number of methoxy groups -OCH3 is 3. The Hall–Kier alpha value is -6.55. The van der Waals surface area contributed by atoms with E-state index in [0.29, 0.717) is 44.9 Å². The van der Waals surface area contributed by atoms with Crippen LogP contribution in [-0.4, -0.2) is 43.9 Å². The zero-order chi connectivity index (χ0) is 36.4. The predicted molar refractivity (Wildman–Crippen MR) is 193 cm³/mol. The molecule has 2 fully saturated rings. The molecule has 1 aliphatic heterocycles. The van der Waals surface area contributed by atoms with E-state index in [4.69, 9.17) is 14.2 Å². The van der Waals surface area contributed by atoms with Crippen LogP contribution in [0.5, 0.6) is 17.2 Å². The molecule has 2 amide bonds. The molecule has 1 heterocycles. The van der Waals surface area contributed by atoms with Crippen molar-refractivity contribution < 1.29 is 33.5 Å². The van der Waals surface area contributed by atoms with Gasteiger partial charge in [0.05, 0.1) is 48.9 Å². The average molecular weight is 693 g/mol. The summed E-state index contributed by atoms with van der Waals surface area (Å²) >= 11 is 0. The number of benzene rings is 5. The molecular weight excluding hydrogens is 660 g/mol. The summed E-state index contributed by atoms with van der Waals surface area (Å²) < 4.78 is 16.6. The lowest BCUT2D eigenvalue weighted by atomic mass is 9.59. The minimum atomic E-state index is -1.67. The fourth-order valence-corrected chi connectivity index (χ4v) is 8.84. The lowest BCUT2D eigenvalue weighted by molar-refractivity contribution is -0.384. The molecule has 258 valence electrons. The van der Waals surface area contributed by atoms with Gasteiger partial charge in [0.25, 0.3) is 5.69 Å². The van der Waals surface area contributed by atoms with E-state index in [9.17, 15) is 10.1 Å². The van der Waals surface area contributed by atoms with Crippen molar-refractivity contribution >= 4 is 40.1 Å². The number of Topliss-reactive ketones (excluding diaryl/α,β-unsaturated/α-hetero) is 1. The molecule has 1 saturated carbocycles. The summed E-state index contributed by atoms with van der Waals surface area (Å²) in [6, 6.07) is 36.7. The first-order chi connectivity index (χ1) is 25.2. The van der Waals surface area contributed by atoms with Crippen LogP contribution in [0.1, 0.15) is 22.3 Å². The first-order valence-electron chi connectivity index (χ1n) is 16.6. The van der Waals surface area contributed by atoms with E-state index in [1.807, 2.05) is 84.9 Å². The van der Waals surface area contributed by atoms with Crippen molar-refractivity contribution in [3.8, 4) is 17.2 Å². The van der Waals surface area contributed by atoms with Crippen molar-refractivity contribution in [3.63, 3.8) is 0 Å². The summed E-state index contributed by atoms with van der Waals surface area (Å²) in [5.74, 6) is -2.73. The highest BCUT2D eigenvalue weighted by Gasteiger charge is 2.83. The molecule has 2 bridgehead atoms. The summed E-state index contributed by atoms with van der Waals surface area (Å²) in [7, 11) is 4.50. The summed E-state index contributed by atoms with van der Waals surface area (Å²) in [5.41, 5.74) is -0.0744. The third-order valence-electron chi connectivity index (χ3n) is 10.8. The SMILES string of the molecule is COc1ccc(C2=C(c3ccc(OC)cc3)[C@@]3(c4ccccc4)C(=O)[C@@]2(c2ccccc2)[C@@H]2C(=O)N(c4cc([N+](=O)[O-])ccc4OC)C(=O)[C@H]23)cc1. The lowest BCUT2D eigenvalue weighted by Gasteiger charge is -2.39. The topological polar surface area (TPSA) is 125 Å². The standard InChI is InChI=1S/C42H32N2O8/c1-50-30-19-14-25(15-20-30)34-35(26-16-21-31(51-2)22-17-26)42(28-12-8-5-9-13-28)37-36(41(34,40(42)47)27-10-6-4-7-11-27)38(45)43(39(37)46)32-24-29(44(48)49)18-23-33(32)52-3/h4-24,36-37H,1-3H3/t36-,37-,41+,42+/m0/s1. The number of ether oxygens (including phenoxy) is 3. The second-order valence-corrected chi connectivity index (χ2v) is 13.0. The molecule has 0 spiro atoms. The summed E-state index contributed by atoms with van der Waals surface area (Å²) in [4.78, 5) is 59.1. The first kappa shape index (κ1) is 32.6. The highest BCUT2D eigenvalue weighted by Crippen LogP contribution is 2.74. The second kappa shape index (κ2) is 12.1. The molecular formula is C42H32N2O8. The number of allylic oxidation sites excluding steroid dienone is 2. The minimum absolute atomic E-state index is 0.0589. The Morgan fingerprint density at radius 2 is 1.04 bits per heavy atom. The fraction of sp³-hybridized carbons (Fsp3) is 0.167. The molecule has 10 heteroatoms. The number of anilines is 1. The number of ketones is 1. The number of carbonyl (C=O) groups excluding carboxylic acids is 3. The van der Waals surface area contributed by atoms with Gasteiger partial charge >= 0.3 is 0 Å². The van der Waals surface area contributed by atoms with Crippen LogP contribution >= 0.6 is 0 Å². The van der Waals surface area contributed by atoms with Crippen LogP contribution in [0.2, 0.25) is 0 Å². The van der Waals surface area contributed by atoms with Gasteiger partial charge in [-0.15, -0.1) is 0 Å². The van der Waals surface area contributed by atoms with Crippen LogP contribution in [0, 0.1) is 22.0 Å². The van der Waals surface area contributed by atoms with Gasteiger partial charge in [0, 0.05) is 12.1 Å². The van der Waals surface area contributed by atoms with Gasteiger partial charge in [0.2, 0.25) is 11.8 Å². The van der Waals surface area contributed by atoms with Gasteiger partial charge in [-0.2, -0.15) is 0 Å². The zero-order valence-electron chi connectivity index (χ0n) is 28.4. The molecule has 0 radical (unpaired) electrons. The number of carbonyl (C=O) groups is 3. The molecule has 1 saturated heterocycles. The maximum Gasteiger partial charge on any atom is 0.271 e. The Morgan fingerprint density at radius 1 is 0.596 bits per heavy atom. The van der Waals surface area contributed by atoms with Crippen molar-refractivity contribution in [3.05, 3.63) is 160 Å². The number of nitro benzene ring substituents is 1. The second-order valence-electron chi connectivity index (χ2n) is 13.0. The molecule has 10 nitrogen and oxygen atoms in total. The maximum atomic E-state index is 16.1. The third kappa shape index (κ3) is 4.21. The van der Waals surface area contributed by atoms with E-state index >= 15 is 14.4 Å². The van der Waals surface area contributed by atoms with Gasteiger partial charge in [0.15, 0.2) is 5.78 Å². The third-order valence-corrected chi connectivity index (χ3v) is 10.8. The van der Waals surface area contributed by atoms with E-state index in [-0.39, 0.29) is 22.9 Å². The molecule has 52 heavy (non-hydrogen) atoms. The Bertz CT molecular complexity index is 2180. The largest absolute Gasteiger partial charge is 0.497 e. The number of nitro groups is 1. The van der Waals surface area contributed by atoms with Crippen LogP contribution in [0.4, 0.5) is 11.4 Å². The number of hydrogen-bond acceptors (Lipinski definition) is 8. The zero-order valence-corrected chi connectivity index (χ0v) is 28.4. The number of nitrogens with zero attached hydrogens (tertiary/aromatic N) is 2. The molecule has 3 aliphatic rings. The summed E-state index contributed by atoms with van der Waals surface area (Å²) in [6.07, 6.45) is 0. The average Bonchev–Trinajstić information content (AvgIpc) is 3.70. The quantitative estimate of drug-likeness (QED) is 0.0938. The van der Waals surface area contributed by atoms with Crippen LogP contribution < -0.4 is 19.1 Å². The normalized spacial score (nSPS) is 23.2. The smallest absolute Gasteiger partial charge is 0.271 e. The Kier molecular flexibility index (Phi) is 7.56. The molecule has 4 atom stereocenters. The highest BCUT2D eigenvalue weighted by molar-refractivity contribution is 6.39. The van der Waals surface area contributed by atoms with Crippen LogP contribution in [-0.2, 0) is 25.2 Å². The van der Waals surface area contributed by atoms with Gasteiger partial charge in [-0.05, 0) is 63.7 Å². The number of rotatable bonds is 9. The highest BCUT2D eigenvalue weighted by atomic mass is 16.6. The van der Waals surface area contributed by atoms with E-state index in [0.717, 1.165) is 4.90 Å². The van der Waals surface area contributed by atoms with E-state index < -0.39 is 39.4 Å². The minimum Gasteiger partial charge on any atom is -0.497 e. The van der Waals surface area contributed by atoms with E-state index in [1.165, 1.54) is 25.3 Å². The van der Waals surface area contributed by atoms with E-state index in [2.05, 4.69) is 0 Å². The number of imide groups is 1.